The Balaban J connectivity index is 1.22. The van der Waals surface area contributed by atoms with E-state index >= 15 is 0 Å². The Morgan fingerprint density at radius 3 is 1.85 bits per heavy atom. The van der Waals surface area contributed by atoms with E-state index in [1.54, 1.807) is 0 Å². The summed E-state index contributed by atoms with van der Waals surface area (Å²) in [4.78, 5) is 0. The van der Waals surface area contributed by atoms with E-state index in [-0.39, 0.29) is 27.1 Å². The Labute approximate surface area is 356 Å². The number of rotatable bonds is 3. The van der Waals surface area contributed by atoms with Crippen molar-refractivity contribution in [2.24, 2.45) is 0 Å². The molecule has 60 heavy (non-hydrogen) atoms. The van der Waals surface area contributed by atoms with E-state index in [0.29, 0.717) is 0 Å². The Bertz CT molecular complexity index is 3120. The average Bonchev–Trinajstić information content (AvgIpc) is 3.73. The van der Waals surface area contributed by atoms with Crippen LogP contribution in [0.25, 0.3) is 60.6 Å². The molecule has 6 aromatic carbocycles. The van der Waals surface area contributed by atoms with Crippen molar-refractivity contribution in [1.82, 2.24) is 4.57 Å². The molecule has 1 N–H and O–H groups in total. The lowest BCUT2D eigenvalue weighted by Gasteiger charge is -2.43. The van der Waals surface area contributed by atoms with Gasteiger partial charge in [0.2, 0.25) is 0 Å². The van der Waals surface area contributed by atoms with Crippen LogP contribution in [0.4, 0.5) is 11.4 Å². The van der Waals surface area contributed by atoms with Gasteiger partial charge in [-0.3, -0.25) is 0 Å². The number of aromatic nitrogens is 1. The lowest BCUT2D eigenvalue weighted by Crippen LogP contribution is -2.41. The van der Waals surface area contributed by atoms with Gasteiger partial charge >= 0.3 is 0 Å². The number of nitrogens with one attached hydrogen (secondary N) is 1. The molecule has 0 unspecified atom stereocenters. The van der Waals surface area contributed by atoms with Gasteiger partial charge in [0.25, 0.3) is 0 Å². The van der Waals surface area contributed by atoms with Crippen molar-refractivity contribution in [2.75, 3.05) is 5.32 Å². The monoisotopic (exact) mass is 785 g/mol. The molecular weight excluding hydrogens is 727 g/mol. The summed E-state index contributed by atoms with van der Waals surface area (Å²) in [6.07, 6.45) is 4.70. The molecule has 8 aromatic rings. The summed E-state index contributed by atoms with van der Waals surface area (Å²) in [6.45, 7) is 26.4. The predicted octanol–water partition coefficient (Wildman–Crippen LogP) is 14.1. The van der Waals surface area contributed by atoms with Crippen LogP contribution in [-0.2, 0) is 27.1 Å². The summed E-state index contributed by atoms with van der Waals surface area (Å²) >= 11 is 0. The van der Waals surface area contributed by atoms with Gasteiger partial charge in [0.15, 0.2) is 7.28 Å². The van der Waals surface area contributed by atoms with Crippen molar-refractivity contribution < 1.29 is 4.42 Å². The highest BCUT2D eigenvalue weighted by Crippen LogP contribution is 2.51. The molecule has 11 rings (SSSR count). The third kappa shape index (κ3) is 5.48. The smallest absolute Gasteiger partial charge is 0.197 e. The minimum absolute atomic E-state index is 0.0628. The van der Waals surface area contributed by atoms with E-state index in [1.165, 1.54) is 103 Å². The Hall–Kier alpha value is -5.22. The first-order valence-electron chi connectivity index (χ1n) is 22.3. The van der Waals surface area contributed by atoms with Crippen molar-refractivity contribution in [3.8, 4) is 16.8 Å². The fraction of sp³-hybridized carbons (Fsp3) is 0.357. The molecule has 3 aliphatic rings. The molecule has 2 aliphatic carbocycles. The van der Waals surface area contributed by atoms with Crippen molar-refractivity contribution >= 4 is 73.3 Å². The van der Waals surface area contributed by atoms with Gasteiger partial charge in [0.1, 0.15) is 11.2 Å². The van der Waals surface area contributed by atoms with Crippen LogP contribution in [0.5, 0.6) is 0 Å². The van der Waals surface area contributed by atoms with Gasteiger partial charge in [-0.25, -0.2) is 0 Å². The lowest BCUT2D eigenvalue weighted by molar-refractivity contribution is 0.332. The Kier molecular flexibility index (Phi) is 7.68. The van der Waals surface area contributed by atoms with Crippen LogP contribution >= 0.6 is 0 Å². The van der Waals surface area contributed by atoms with E-state index in [2.05, 4.69) is 190 Å². The number of hydrogen-bond donors (Lipinski definition) is 1. The standard InChI is InChI=1S/C56H58BN2O/c1-52(2,3)32-16-18-33(19-17-32)58-45-30-42-40(53(4,5)22-24-55(42,8)9)26-37(45)35-20-21-36-38-28-49-39(34-14-12-13-15-48(34)60-49)27-46(38)59-47-31-43-41(29-44(47)57-50(35)51(36)59)54(6,7)23-25-56(43,10)11/h12-21,26-31,58H,22-25H2,1-11H3. The van der Waals surface area contributed by atoms with Gasteiger partial charge in [0.05, 0.1) is 5.52 Å². The van der Waals surface area contributed by atoms with Crippen LogP contribution in [0.3, 0.4) is 0 Å². The first-order chi connectivity index (χ1) is 28.3. The summed E-state index contributed by atoms with van der Waals surface area (Å²) in [5, 5.41) is 8.82. The number of hydrogen-bond acceptors (Lipinski definition) is 2. The summed E-state index contributed by atoms with van der Waals surface area (Å²) in [7, 11) is 2.53. The summed E-state index contributed by atoms with van der Waals surface area (Å²) < 4.78 is 9.16. The molecule has 0 fully saturated rings. The second kappa shape index (κ2) is 12.2. The van der Waals surface area contributed by atoms with Crippen LogP contribution in [0, 0.1) is 0 Å². The highest BCUT2D eigenvalue weighted by atomic mass is 16.3. The zero-order valence-electron chi connectivity index (χ0n) is 37.5. The van der Waals surface area contributed by atoms with Crippen LogP contribution < -0.4 is 16.2 Å². The zero-order valence-corrected chi connectivity index (χ0v) is 37.5. The van der Waals surface area contributed by atoms with E-state index in [9.17, 15) is 0 Å². The fourth-order valence-electron chi connectivity index (χ4n) is 11.2. The highest BCUT2D eigenvalue weighted by molar-refractivity contribution is 6.73. The molecule has 3 nitrogen and oxygen atoms in total. The fourth-order valence-corrected chi connectivity index (χ4v) is 11.2. The number of benzene rings is 6. The maximum atomic E-state index is 6.55. The normalized spacial score (nSPS) is 18.3. The molecule has 0 amide bonds. The van der Waals surface area contributed by atoms with Gasteiger partial charge in [-0.15, -0.1) is 0 Å². The van der Waals surface area contributed by atoms with Crippen molar-refractivity contribution in [1.29, 1.82) is 0 Å². The molecule has 0 bridgehead atoms. The van der Waals surface area contributed by atoms with Crippen molar-refractivity contribution in [3.05, 3.63) is 125 Å². The molecule has 0 saturated carbocycles. The number of fused-ring (bicyclic) bond motifs is 10. The molecule has 0 atom stereocenters. The quantitative estimate of drug-likeness (QED) is 0.181. The highest BCUT2D eigenvalue weighted by Gasteiger charge is 2.41. The average molecular weight is 786 g/mol. The maximum Gasteiger partial charge on any atom is 0.197 e. The summed E-state index contributed by atoms with van der Waals surface area (Å²) in [5.74, 6) is 0. The third-order valence-corrected chi connectivity index (χ3v) is 15.3. The summed E-state index contributed by atoms with van der Waals surface area (Å²) in [6, 6.07) is 37.3. The second-order valence-electron chi connectivity index (χ2n) is 22.3. The van der Waals surface area contributed by atoms with Gasteiger partial charge in [-0.05, 0) is 140 Å². The Morgan fingerprint density at radius 2 is 1.18 bits per heavy atom. The maximum absolute atomic E-state index is 6.55. The summed E-state index contributed by atoms with van der Waals surface area (Å²) in [5.41, 5.74) is 20.7. The number of anilines is 2. The number of para-hydroxylation sites is 1. The predicted molar refractivity (Wildman–Crippen MR) is 258 cm³/mol. The minimum atomic E-state index is 0.0628. The van der Waals surface area contributed by atoms with Gasteiger partial charge < -0.3 is 14.3 Å². The minimum Gasteiger partial charge on any atom is -0.456 e. The lowest BCUT2D eigenvalue weighted by atomic mass is 9.55. The Morgan fingerprint density at radius 1 is 0.567 bits per heavy atom. The molecule has 1 aliphatic heterocycles. The van der Waals surface area contributed by atoms with E-state index in [4.69, 9.17) is 4.42 Å². The molecule has 4 heteroatoms. The third-order valence-electron chi connectivity index (χ3n) is 15.3. The molecule has 3 heterocycles. The number of nitrogens with zero attached hydrogens (tertiary/aromatic N) is 1. The molecule has 1 radical (unpaired) electrons. The first-order valence-corrected chi connectivity index (χ1v) is 22.3. The van der Waals surface area contributed by atoms with Crippen LogP contribution in [0.1, 0.15) is 130 Å². The van der Waals surface area contributed by atoms with Gasteiger partial charge in [0, 0.05) is 49.7 Å². The molecule has 0 spiro atoms. The number of furan rings is 1. The van der Waals surface area contributed by atoms with E-state index < -0.39 is 0 Å². The van der Waals surface area contributed by atoms with E-state index in [1.807, 2.05) is 0 Å². The molecule has 301 valence electrons. The van der Waals surface area contributed by atoms with Crippen molar-refractivity contribution in [2.45, 2.75) is 129 Å². The molecular formula is C56H58BN2O. The SMILES string of the molecule is CC(C)(C)c1ccc(Nc2cc3c(cc2-c2ccc4c5cc6oc7ccccc7c6cc5n5c4c2[B]c2cc4c(cc2-5)C(C)(C)CCC4(C)C)C(C)(C)CCC3(C)C)cc1. The van der Waals surface area contributed by atoms with Gasteiger partial charge in [-0.2, -0.15) is 0 Å². The van der Waals surface area contributed by atoms with Gasteiger partial charge in [-0.1, -0.05) is 130 Å². The zero-order chi connectivity index (χ0) is 41.9. The van der Waals surface area contributed by atoms with Crippen LogP contribution in [-0.4, -0.2) is 11.8 Å². The first kappa shape index (κ1) is 37.8. The van der Waals surface area contributed by atoms with Crippen LogP contribution in [0.2, 0.25) is 0 Å². The second-order valence-corrected chi connectivity index (χ2v) is 22.3. The van der Waals surface area contributed by atoms with Crippen molar-refractivity contribution in [3.63, 3.8) is 0 Å². The topological polar surface area (TPSA) is 30.1 Å². The molecule has 2 aromatic heterocycles. The van der Waals surface area contributed by atoms with Crippen LogP contribution in [0.15, 0.2) is 101 Å². The molecule has 0 saturated heterocycles. The largest absolute Gasteiger partial charge is 0.456 e. The van der Waals surface area contributed by atoms with E-state index in [0.717, 1.165) is 33.3 Å².